The fourth-order valence-corrected chi connectivity index (χ4v) is 5.54. The van der Waals surface area contributed by atoms with Crippen molar-refractivity contribution in [3.63, 3.8) is 0 Å². The van der Waals surface area contributed by atoms with Crippen molar-refractivity contribution in [2.75, 3.05) is 18.1 Å². The van der Waals surface area contributed by atoms with Gasteiger partial charge in [-0.05, 0) is 43.6 Å². The maximum Gasteiger partial charge on any atom is 0.206 e. The SMILES string of the molecule is C[C@H]1CC[C@H](Cn2c(N3CCC[C@H]3CF)nc3cc(C#N)nc(-c4cncc(Cl)c4)c32)CC1. The van der Waals surface area contributed by atoms with E-state index >= 15 is 0 Å². The van der Waals surface area contributed by atoms with Gasteiger partial charge < -0.3 is 9.47 Å². The Morgan fingerprint density at radius 1 is 1.15 bits per heavy atom. The molecule has 4 heterocycles. The van der Waals surface area contributed by atoms with Gasteiger partial charge >= 0.3 is 0 Å². The third kappa shape index (κ3) is 4.29. The lowest BCUT2D eigenvalue weighted by molar-refractivity contribution is 0.266. The summed E-state index contributed by atoms with van der Waals surface area (Å²) in [6.07, 6.45) is 9.87. The zero-order valence-corrected chi connectivity index (χ0v) is 19.6. The Bertz CT molecular complexity index is 1190. The van der Waals surface area contributed by atoms with E-state index in [4.69, 9.17) is 16.6 Å². The Morgan fingerprint density at radius 2 is 1.97 bits per heavy atom. The summed E-state index contributed by atoms with van der Waals surface area (Å²) in [5.74, 6) is 2.09. The third-order valence-electron chi connectivity index (χ3n) is 7.19. The van der Waals surface area contributed by atoms with E-state index in [0.29, 0.717) is 27.8 Å². The van der Waals surface area contributed by atoms with E-state index in [0.717, 1.165) is 48.9 Å². The highest BCUT2D eigenvalue weighted by molar-refractivity contribution is 6.30. The maximum atomic E-state index is 13.9. The van der Waals surface area contributed by atoms with Gasteiger partial charge in [-0.3, -0.25) is 4.98 Å². The van der Waals surface area contributed by atoms with E-state index in [1.807, 2.05) is 6.07 Å². The first kappa shape index (κ1) is 22.1. The quantitative estimate of drug-likeness (QED) is 0.476. The van der Waals surface area contributed by atoms with Crippen LogP contribution in [0.5, 0.6) is 0 Å². The lowest BCUT2D eigenvalue weighted by atomic mass is 9.83. The number of hydrogen-bond acceptors (Lipinski definition) is 5. The van der Waals surface area contributed by atoms with Crippen molar-refractivity contribution in [3.05, 3.63) is 35.2 Å². The molecule has 2 fully saturated rings. The minimum absolute atomic E-state index is 0.161. The second-order valence-corrected chi connectivity index (χ2v) is 9.96. The molecule has 0 unspecified atom stereocenters. The topological polar surface area (TPSA) is 70.6 Å². The monoisotopic (exact) mass is 466 g/mol. The van der Waals surface area contributed by atoms with Gasteiger partial charge in [-0.25, -0.2) is 14.4 Å². The first-order valence-electron chi connectivity index (χ1n) is 11.8. The molecule has 1 saturated heterocycles. The molecule has 0 spiro atoms. The first-order chi connectivity index (χ1) is 16.1. The minimum atomic E-state index is -0.392. The molecule has 1 aliphatic carbocycles. The van der Waals surface area contributed by atoms with E-state index in [9.17, 15) is 9.65 Å². The normalized spacial score (nSPS) is 23.2. The molecule has 0 N–H and O–H groups in total. The maximum absolute atomic E-state index is 13.9. The van der Waals surface area contributed by atoms with Crippen molar-refractivity contribution in [1.82, 2.24) is 19.5 Å². The van der Waals surface area contributed by atoms with Crippen LogP contribution in [0.2, 0.25) is 5.02 Å². The number of halogens is 2. The van der Waals surface area contributed by atoms with Crippen LogP contribution in [0.3, 0.4) is 0 Å². The van der Waals surface area contributed by atoms with Crippen LogP contribution in [-0.4, -0.2) is 38.8 Å². The molecule has 33 heavy (non-hydrogen) atoms. The summed E-state index contributed by atoms with van der Waals surface area (Å²) in [6, 6.07) is 5.55. The number of anilines is 1. The standard InChI is InChI=1S/C25H28ClFN6/c1-16-4-6-17(7-5-16)15-33-24-22(31-25(33)32-8-2-3-21(32)11-27)10-20(12-28)30-23(24)18-9-19(26)14-29-13-18/h9-10,13-14,16-17,21H,2-8,11,15H2,1H3/t16-,17-,21-/m0/s1. The molecule has 172 valence electrons. The molecule has 0 amide bonds. The lowest BCUT2D eigenvalue weighted by Crippen LogP contribution is -2.33. The molecule has 6 nitrogen and oxygen atoms in total. The van der Waals surface area contributed by atoms with Gasteiger partial charge in [-0.15, -0.1) is 0 Å². The Kier molecular flexibility index (Phi) is 6.20. The molecular weight excluding hydrogens is 439 g/mol. The Morgan fingerprint density at radius 3 is 2.70 bits per heavy atom. The highest BCUT2D eigenvalue weighted by Crippen LogP contribution is 2.37. The summed E-state index contributed by atoms with van der Waals surface area (Å²) in [6.45, 7) is 3.52. The number of aromatic nitrogens is 4. The van der Waals surface area contributed by atoms with Crippen molar-refractivity contribution in [2.24, 2.45) is 11.8 Å². The summed E-state index contributed by atoms with van der Waals surface area (Å²) in [4.78, 5) is 16.0. The highest BCUT2D eigenvalue weighted by Gasteiger charge is 2.31. The third-order valence-corrected chi connectivity index (χ3v) is 7.39. The van der Waals surface area contributed by atoms with Crippen LogP contribution in [0.4, 0.5) is 10.3 Å². The highest BCUT2D eigenvalue weighted by atomic mass is 35.5. The number of rotatable bonds is 5. The van der Waals surface area contributed by atoms with Gasteiger partial charge in [-0.1, -0.05) is 31.4 Å². The lowest BCUT2D eigenvalue weighted by Gasteiger charge is -2.29. The van der Waals surface area contributed by atoms with Gasteiger partial charge in [0.25, 0.3) is 0 Å². The van der Waals surface area contributed by atoms with Gasteiger partial charge in [0, 0.05) is 37.1 Å². The average molecular weight is 467 g/mol. The second kappa shape index (κ2) is 9.26. The molecule has 3 aromatic rings. The summed E-state index contributed by atoms with van der Waals surface area (Å²) in [5.41, 5.74) is 3.27. The average Bonchev–Trinajstić information content (AvgIpc) is 3.44. The molecule has 0 radical (unpaired) electrons. The Hall–Kier alpha value is -2.72. The Labute approximate surface area is 198 Å². The van der Waals surface area contributed by atoms with E-state index in [2.05, 4.69) is 32.4 Å². The van der Waals surface area contributed by atoms with Crippen LogP contribution in [0.15, 0.2) is 24.5 Å². The van der Waals surface area contributed by atoms with Crippen LogP contribution >= 0.6 is 11.6 Å². The van der Waals surface area contributed by atoms with Crippen LogP contribution < -0.4 is 4.90 Å². The molecule has 0 aromatic carbocycles. The molecule has 1 atom stereocenters. The van der Waals surface area contributed by atoms with E-state index in [1.54, 1.807) is 18.5 Å². The van der Waals surface area contributed by atoms with Crippen molar-refractivity contribution in [2.45, 2.75) is 58.0 Å². The van der Waals surface area contributed by atoms with Gasteiger partial charge in [0.2, 0.25) is 5.95 Å². The van der Waals surface area contributed by atoms with E-state index in [-0.39, 0.29) is 6.04 Å². The van der Waals surface area contributed by atoms with Crippen LogP contribution in [0.25, 0.3) is 22.3 Å². The summed E-state index contributed by atoms with van der Waals surface area (Å²) in [7, 11) is 0. The summed E-state index contributed by atoms with van der Waals surface area (Å²) >= 11 is 6.25. The fourth-order valence-electron chi connectivity index (χ4n) is 5.37. The number of alkyl halides is 1. The molecular formula is C25H28ClFN6. The minimum Gasteiger partial charge on any atom is -0.337 e. The molecule has 1 aliphatic heterocycles. The number of imidazole rings is 1. The number of fused-ring (bicyclic) bond motifs is 1. The Balaban J connectivity index is 1.70. The molecule has 3 aromatic heterocycles. The predicted octanol–water partition coefficient (Wildman–Crippen LogP) is 5.78. The number of pyridine rings is 2. The second-order valence-electron chi connectivity index (χ2n) is 9.52. The van der Waals surface area contributed by atoms with Crippen LogP contribution in [0, 0.1) is 23.2 Å². The van der Waals surface area contributed by atoms with Crippen LogP contribution in [0.1, 0.15) is 51.1 Å². The smallest absolute Gasteiger partial charge is 0.206 e. The number of hydrogen-bond donors (Lipinski definition) is 0. The first-order valence-corrected chi connectivity index (χ1v) is 12.2. The molecule has 2 aliphatic rings. The zero-order valence-electron chi connectivity index (χ0n) is 18.8. The largest absolute Gasteiger partial charge is 0.337 e. The molecule has 5 rings (SSSR count). The van der Waals surface area contributed by atoms with Crippen molar-refractivity contribution < 1.29 is 4.39 Å². The van der Waals surface area contributed by atoms with Crippen molar-refractivity contribution >= 4 is 28.6 Å². The van der Waals surface area contributed by atoms with Gasteiger partial charge in [0.15, 0.2) is 0 Å². The zero-order chi connectivity index (χ0) is 22.9. The van der Waals surface area contributed by atoms with Crippen LogP contribution in [-0.2, 0) is 6.54 Å². The van der Waals surface area contributed by atoms with Gasteiger partial charge in [0.1, 0.15) is 18.4 Å². The fraction of sp³-hybridized carbons (Fsp3) is 0.520. The summed E-state index contributed by atoms with van der Waals surface area (Å²) in [5, 5.41) is 10.1. The van der Waals surface area contributed by atoms with Gasteiger partial charge in [-0.2, -0.15) is 5.26 Å². The van der Waals surface area contributed by atoms with Gasteiger partial charge in [0.05, 0.1) is 27.8 Å². The summed E-state index contributed by atoms with van der Waals surface area (Å²) < 4.78 is 16.1. The number of nitrogens with zero attached hydrogens (tertiary/aromatic N) is 6. The molecule has 0 bridgehead atoms. The predicted molar refractivity (Wildman–Crippen MR) is 128 cm³/mol. The van der Waals surface area contributed by atoms with E-state index < -0.39 is 6.67 Å². The molecule has 1 saturated carbocycles. The van der Waals surface area contributed by atoms with Crippen molar-refractivity contribution in [1.29, 1.82) is 5.26 Å². The number of nitriles is 1. The van der Waals surface area contributed by atoms with E-state index in [1.165, 1.54) is 25.7 Å². The molecule has 8 heteroatoms. The van der Waals surface area contributed by atoms with Crippen molar-refractivity contribution in [3.8, 4) is 17.3 Å².